The van der Waals surface area contributed by atoms with Gasteiger partial charge in [0.25, 0.3) is 0 Å². The summed E-state index contributed by atoms with van der Waals surface area (Å²) in [5.74, 6) is 0.485. The minimum atomic E-state index is -0.834. The molecule has 0 spiro atoms. The van der Waals surface area contributed by atoms with Gasteiger partial charge >= 0.3 is 5.97 Å². The number of carbonyl (C=O) groups excluding carboxylic acids is 1. The Labute approximate surface area is 278 Å². The summed E-state index contributed by atoms with van der Waals surface area (Å²) >= 11 is 0. The maximum atomic E-state index is 12.0. The first kappa shape index (κ1) is 35.2. The number of rotatable bonds is 21. The van der Waals surface area contributed by atoms with E-state index in [4.69, 9.17) is 20.2 Å². The molecule has 0 aliphatic heterocycles. The topological polar surface area (TPSA) is 124 Å². The number of hydrogen-bond donors (Lipinski definition) is 3. The van der Waals surface area contributed by atoms with Gasteiger partial charge in [-0.15, -0.1) is 0 Å². The average Bonchev–Trinajstić information content (AvgIpc) is 3.10. The van der Waals surface area contributed by atoms with Gasteiger partial charge in [-0.2, -0.15) is 0 Å². The number of aryl methyl sites for hydroxylation is 1. The third-order valence-electron chi connectivity index (χ3n) is 7.90. The van der Waals surface area contributed by atoms with Crippen molar-refractivity contribution < 1.29 is 24.2 Å². The molecule has 0 radical (unpaired) electrons. The summed E-state index contributed by atoms with van der Waals surface area (Å²) in [4.78, 5) is 28.1. The van der Waals surface area contributed by atoms with E-state index in [1.54, 1.807) is 0 Å². The molecule has 0 atom stereocenters. The van der Waals surface area contributed by atoms with Crippen LogP contribution in [0.3, 0.4) is 0 Å². The average molecular weight is 638 g/mol. The summed E-state index contributed by atoms with van der Waals surface area (Å²) < 4.78 is 12.2. The van der Waals surface area contributed by atoms with E-state index in [-0.39, 0.29) is 12.3 Å². The van der Waals surface area contributed by atoms with Gasteiger partial charge in [0.15, 0.2) is 0 Å². The fourth-order valence-electron chi connectivity index (χ4n) is 5.41. The minimum absolute atomic E-state index is 0.0128. The van der Waals surface area contributed by atoms with Crippen molar-refractivity contribution in [1.82, 2.24) is 10.3 Å². The summed E-state index contributed by atoms with van der Waals surface area (Å²) in [5, 5.41) is 12.2. The number of ether oxygens (including phenoxy) is 2. The van der Waals surface area contributed by atoms with Crippen LogP contribution in [0, 0.1) is 0 Å². The van der Waals surface area contributed by atoms with Crippen molar-refractivity contribution in [3.8, 4) is 34.0 Å². The molecule has 4 aromatic rings. The number of nitrogens with two attached hydrogens (primary N) is 1. The van der Waals surface area contributed by atoms with Crippen LogP contribution < -0.4 is 20.5 Å². The number of nitrogens with one attached hydrogen (secondary N) is 1. The first-order valence-corrected chi connectivity index (χ1v) is 16.7. The Morgan fingerprint density at radius 1 is 0.702 bits per heavy atom. The van der Waals surface area contributed by atoms with Crippen LogP contribution in [0.25, 0.3) is 22.4 Å². The Kier molecular flexibility index (Phi) is 14.8. The fraction of sp³-hybridized carbons (Fsp3) is 0.359. The van der Waals surface area contributed by atoms with Crippen LogP contribution >= 0.6 is 0 Å². The van der Waals surface area contributed by atoms with Crippen molar-refractivity contribution in [2.45, 2.75) is 64.2 Å². The van der Waals surface area contributed by atoms with Crippen LogP contribution in [-0.4, -0.2) is 48.3 Å². The SMILES string of the molecule is NCCCNC(=O)CCCOc1cccc(CCCCCCOc2cc(-c3ccccc3)cc(-c3ccccc3)n2)c1CCC(=O)O. The van der Waals surface area contributed by atoms with E-state index in [0.29, 0.717) is 57.2 Å². The Morgan fingerprint density at radius 2 is 1.43 bits per heavy atom. The van der Waals surface area contributed by atoms with Crippen LogP contribution in [0.1, 0.15) is 62.5 Å². The summed E-state index contributed by atoms with van der Waals surface area (Å²) in [5.41, 5.74) is 11.7. The molecule has 0 unspecified atom stereocenters. The standard InChI is InChI=1S/C39H47N3O5/c40-24-13-25-41-37(43)21-12-27-46-36-20-11-19-31(34(36)22-23-39(44)45)16-5-1-2-10-26-47-38-29-33(30-14-6-3-7-15-30)28-35(42-38)32-17-8-4-9-18-32/h3-4,6-9,11,14-15,17-20,28-29H,1-2,5,10,12-13,16,21-27,40H2,(H,41,43)(H,44,45). The Morgan fingerprint density at radius 3 is 2.17 bits per heavy atom. The van der Waals surface area contributed by atoms with Crippen molar-refractivity contribution in [3.05, 3.63) is 102 Å². The monoisotopic (exact) mass is 637 g/mol. The van der Waals surface area contributed by atoms with E-state index >= 15 is 0 Å². The van der Waals surface area contributed by atoms with Gasteiger partial charge in [0.2, 0.25) is 11.8 Å². The Balaban J connectivity index is 1.26. The summed E-state index contributed by atoms with van der Waals surface area (Å²) in [6.07, 6.45) is 6.94. The number of carboxylic acids is 1. The highest BCUT2D eigenvalue weighted by Gasteiger charge is 2.13. The molecule has 4 N–H and O–H groups in total. The summed E-state index contributed by atoms with van der Waals surface area (Å²) in [6, 6.07) is 30.4. The maximum Gasteiger partial charge on any atom is 0.303 e. The third kappa shape index (κ3) is 12.2. The lowest BCUT2D eigenvalue weighted by molar-refractivity contribution is -0.137. The van der Waals surface area contributed by atoms with E-state index in [9.17, 15) is 14.7 Å². The van der Waals surface area contributed by atoms with E-state index in [1.807, 2.05) is 54.6 Å². The lowest BCUT2D eigenvalue weighted by atomic mass is 9.97. The zero-order valence-corrected chi connectivity index (χ0v) is 27.2. The lowest BCUT2D eigenvalue weighted by Crippen LogP contribution is -2.26. The molecule has 0 bridgehead atoms. The van der Waals surface area contributed by atoms with Gasteiger partial charge in [0.05, 0.1) is 18.9 Å². The molecule has 8 nitrogen and oxygen atoms in total. The molecule has 47 heavy (non-hydrogen) atoms. The number of carbonyl (C=O) groups is 2. The number of nitrogens with zero attached hydrogens (tertiary/aromatic N) is 1. The maximum absolute atomic E-state index is 12.0. The number of aromatic nitrogens is 1. The van der Waals surface area contributed by atoms with E-state index < -0.39 is 5.97 Å². The molecule has 3 aromatic carbocycles. The van der Waals surface area contributed by atoms with Crippen molar-refractivity contribution in [2.75, 3.05) is 26.3 Å². The predicted molar refractivity (Wildman–Crippen MR) is 187 cm³/mol. The van der Waals surface area contributed by atoms with Crippen molar-refractivity contribution in [1.29, 1.82) is 0 Å². The van der Waals surface area contributed by atoms with E-state index in [2.05, 4.69) is 41.7 Å². The molecule has 0 saturated heterocycles. The van der Waals surface area contributed by atoms with E-state index in [1.165, 1.54) is 0 Å². The molecule has 1 amide bonds. The predicted octanol–water partition coefficient (Wildman–Crippen LogP) is 7.24. The number of benzene rings is 3. The van der Waals surface area contributed by atoms with Gasteiger partial charge in [0.1, 0.15) is 5.75 Å². The Hall–Kier alpha value is -4.69. The molecule has 0 aliphatic carbocycles. The molecule has 0 saturated carbocycles. The number of unbranched alkanes of at least 4 members (excludes halogenated alkanes) is 3. The van der Waals surface area contributed by atoms with Gasteiger partial charge in [-0.3, -0.25) is 9.59 Å². The molecule has 0 aliphatic rings. The molecule has 0 fully saturated rings. The zero-order chi connectivity index (χ0) is 33.1. The van der Waals surface area contributed by atoms with Crippen LogP contribution in [-0.2, 0) is 22.4 Å². The smallest absolute Gasteiger partial charge is 0.303 e. The van der Waals surface area contributed by atoms with Crippen LogP contribution in [0.2, 0.25) is 0 Å². The van der Waals surface area contributed by atoms with Gasteiger partial charge in [-0.1, -0.05) is 85.6 Å². The highest BCUT2D eigenvalue weighted by atomic mass is 16.5. The zero-order valence-electron chi connectivity index (χ0n) is 27.2. The summed E-state index contributed by atoms with van der Waals surface area (Å²) in [6.45, 7) is 2.10. The third-order valence-corrected chi connectivity index (χ3v) is 7.90. The molecule has 8 heteroatoms. The van der Waals surface area contributed by atoms with Crippen molar-refractivity contribution >= 4 is 11.9 Å². The first-order valence-electron chi connectivity index (χ1n) is 16.7. The van der Waals surface area contributed by atoms with Gasteiger partial charge in [0, 0.05) is 31.0 Å². The van der Waals surface area contributed by atoms with Crippen molar-refractivity contribution in [3.63, 3.8) is 0 Å². The normalized spacial score (nSPS) is 10.8. The molecule has 4 rings (SSSR count). The fourth-order valence-corrected chi connectivity index (χ4v) is 5.41. The quantitative estimate of drug-likeness (QED) is 0.0823. The minimum Gasteiger partial charge on any atom is -0.493 e. The second-order valence-electron chi connectivity index (χ2n) is 11.6. The molecular weight excluding hydrogens is 590 g/mol. The van der Waals surface area contributed by atoms with Crippen LogP contribution in [0.4, 0.5) is 0 Å². The molecule has 248 valence electrons. The van der Waals surface area contributed by atoms with Crippen LogP contribution in [0.15, 0.2) is 91.0 Å². The van der Waals surface area contributed by atoms with Gasteiger partial charge in [-0.25, -0.2) is 4.98 Å². The second kappa shape index (κ2) is 19.7. The molecule has 1 aromatic heterocycles. The number of carboxylic acid groups (broad SMARTS) is 1. The van der Waals surface area contributed by atoms with Crippen molar-refractivity contribution in [2.24, 2.45) is 5.73 Å². The molecular formula is C39H47N3O5. The largest absolute Gasteiger partial charge is 0.493 e. The number of hydrogen-bond acceptors (Lipinski definition) is 6. The second-order valence-corrected chi connectivity index (χ2v) is 11.6. The number of aliphatic carboxylic acids is 1. The number of pyridine rings is 1. The van der Waals surface area contributed by atoms with Crippen LogP contribution in [0.5, 0.6) is 11.6 Å². The number of amides is 1. The van der Waals surface area contributed by atoms with Gasteiger partial charge in [-0.05, 0) is 79.5 Å². The first-order chi connectivity index (χ1) is 23.0. The lowest BCUT2D eigenvalue weighted by Gasteiger charge is -2.16. The van der Waals surface area contributed by atoms with E-state index in [0.717, 1.165) is 72.0 Å². The Bertz CT molecular complexity index is 1470. The highest BCUT2D eigenvalue weighted by Crippen LogP contribution is 2.29. The summed E-state index contributed by atoms with van der Waals surface area (Å²) in [7, 11) is 0. The molecule has 1 heterocycles. The highest BCUT2D eigenvalue weighted by molar-refractivity contribution is 5.75. The van der Waals surface area contributed by atoms with Gasteiger partial charge < -0.3 is 25.6 Å².